The normalized spacial score (nSPS) is 12.2. The van der Waals surface area contributed by atoms with Gasteiger partial charge in [-0.25, -0.2) is 9.97 Å². The van der Waals surface area contributed by atoms with E-state index in [1.807, 2.05) is 24.8 Å². The van der Waals surface area contributed by atoms with Crippen molar-refractivity contribution in [3.63, 3.8) is 0 Å². The first-order chi connectivity index (χ1) is 8.69. The lowest BCUT2D eigenvalue weighted by Crippen LogP contribution is -2.22. The largest absolute Gasteiger partial charge is 0.370 e. The SMILES string of the molecule is CCCNc1cc(NC(CC)CSC)nc(C)n1. The highest BCUT2D eigenvalue weighted by Crippen LogP contribution is 2.14. The molecule has 0 fully saturated rings. The van der Waals surface area contributed by atoms with Crippen molar-refractivity contribution in [2.24, 2.45) is 0 Å². The molecule has 5 heteroatoms. The molecule has 0 spiro atoms. The van der Waals surface area contributed by atoms with Gasteiger partial charge >= 0.3 is 0 Å². The fourth-order valence-corrected chi connectivity index (χ4v) is 2.38. The number of aryl methyl sites for hydroxylation is 1. The Balaban J connectivity index is 2.71. The number of rotatable bonds is 8. The second kappa shape index (κ2) is 8.19. The molecule has 0 aromatic carbocycles. The molecule has 1 heterocycles. The van der Waals surface area contributed by atoms with Crippen molar-refractivity contribution < 1.29 is 0 Å². The first-order valence-corrected chi connectivity index (χ1v) is 7.94. The lowest BCUT2D eigenvalue weighted by Gasteiger charge is -2.17. The van der Waals surface area contributed by atoms with E-state index in [2.05, 4.69) is 40.7 Å². The summed E-state index contributed by atoms with van der Waals surface area (Å²) in [6.07, 6.45) is 4.32. The van der Waals surface area contributed by atoms with Gasteiger partial charge in [-0.3, -0.25) is 0 Å². The van der Waals surface area contributed by atoms with Crippen LogP contribution in [0.4, 0.5) is 11.6 Å². The van der Waals surface area contributed by atoms with E-state index in [-0.39, 0.29) is 0 Å². The van der Waals surface area contributed by atoms with Gasteiger partial charge in [0, 0.05) is 24.4 Å². The van der Waals surface area contributed by atoms with Gasteiger partial charge in [-0.2, -0.15) is 11.8 Å². The summed E-state index contributed by atoms with van der Waals surface area (Å²) in [6.45, 7) is 7.21. The van der Waals surface area contributed by atoms with Crippen LogP contribution in [-0.2, 0) is 0 Å². The van der Waals surface area contributed by atoms with Crippen molar-refractivity contribution in [3.8, 4) is 0 Å². The number of nitrogens with one attached hydrogen (secondary N) is 2. The summed E-state index contributed by atoms with van der Waals surface area (Å²) in [7, 11) is 0. The summed E-state index contributed by atoms with van der Waals surface area (Å²) in [5, 5.41) is 6.78. The van der Waals surface area contributed by atoms with E-state index < -0.39 is 0 Å². The molecule has 0 aliphatic carbocycles. The molecule has 0 aliphatic rings. The van der Waals surface area contributed by atoms with Crippen molar-refractivity contribution in [1.29, 1.82) is 0 Å². The molecule has 1 unspecified atom stereocenters. The Morgan fingerprint density at radius 3 is 2.61 bits per heavy atom. The molecule has 102 valence electrons. The van der Waals surface area contributed by atoms with E-state index in [0.717, 1.165) is 42.6 Å². The second-order valence-electron chi connectivity index (χ2n) is 4.32. The van der Waals surface area contributed by atoms with Crippen LogP contribution in [-0.4, -0.2) is 34.6 Å². The van der Waals surface area contributed by atoms with Crippen LogP contribution in [0.15, 0.2) is 6.07 Å². The van der Waals surface area contributed by atoms with Gasteiger partial charge in [0.05, 0.1) is 0 Å². The topological polar surface area (TPSA) is 49.8 Å². The summed E-state index contributed by atoms with van der Waals surface area (Å²) >= 11 is 1.85. The fraction of sp³-hybridized carbons (Fsp3) is 0.692. The number of nitrogens with zero attached hydrogens (tertiary/aromatic N) is 2. The van der Waals surface area contributed by atoms with E-state index >= 15 is 0 Å². The predicted octanol–water partition coefficient (Wildman–Crippen LogP) is 3.16. The van der Waals surface area contributed by atoms with Gasteiger partial charge < -0.3 is 10.6 Å². The zero-order chi connectivity index (χ0) is 13.4. The molecule has 2 N–H and O–H groups in total. The Morgan fingerprint density at radius 2 is 2.00 bits per heavy atom. The zero-order valence-electron chi connectivity index (χ0n) is 11.8. The van der Waals surface area contributed by atoms with E-state index in [0.29, 0.717) is 6.04 Å². The van der Waals surface area contributed by atoms with Crippen LogP contribution >= 0.6 is 11.8 Å². The fourth-order valence-electron chi connectivity index (χ4n) is 1.66. The van der Waals surface area contributed by atoms with E-state index in [1.165, 1.54) is 0 Å². The first-order valence-electron chi connectivity index (χ1n) is 6.54. The van der Waals surface area contributed by atoms with Gasteiger partial charge in [-0.05, 0) is 26.0 Å². The van der Waals surface area contributed by atoms with Crippen LogP contribution in [0.2, 0.25) is 0 Å². The van der Waals surface area contributed by atoms with Crippen molar-refractivity contribution in [2.45, 2.75) is 39.7 Å². The van der Waals surface area contributed by atoms with Crippen LogP contribution in [0.5, 0.6) is 0 Å². The van der Waals surface area contributed by atoms with Gasteiger partial charge in [0.2, 0.25) is 0 Å². The average Bonchev–Trinajstić information content (AvgIpc) is 2.35. The molecular formula is C13H24N4S. The molecule has 0 saturated carbocycles. The summed E-state index contributed by atoms with van der Waals surface area (Å²) in [4.78, 5) is 8.82. The van der Waals surface area contributed by atoms with Gasteiger partial charge in [0.25, 0.3) is 0 Å². The highest BCUT2D eigenvalue weighted by atomic mass is 32.2. The quantitative estimate of drug-likeness (QED) is 0.758. The lowest BCUT2D eigenvalue weighted by atomic mass is 10.2. The van der Waals surface area contributed by atoms with Crippen molar-refractivity contribution in [3.05, 3.63) is 11.9 Å². The Hall–Kier alpha value is -0.970. The predicted molar refractivity (Wildman–Crippen MR) is 81.6 cm³/mol. The van der Waals surface area contributed by atoms with Crippen LogP contribution in [0, 0.1) is 6.92 Å². The van der Waals surface area contributed by atoms with E-state index in [1.54, 1.807) is 0 Å². The number of thioether (sulfide) groups is 1. The molecule has 0 amide bonds. The lowest BCUT2D eigenvalue weighted by molar-refractivity contribution is 0.767. The molecule has 1 aromatic heterocycles. The molecule has 18 heavy (non-hydrogen) atoms. The standard InChI is InChI=1S/C13H24N4S/c1-5-7-14-12-8-13(16-10(3)15-12)17-11(6-2)9-18-4/h8,11H,5-7,9H2,1-4H3,(H2,14,15,16,17). The minimum Gasteiger partial charge on any atom is -0.370 e. The maximum atomic E-state index is 4.44. The molecule has 1 rings (SSSR count). The second-order valence-corrected chi connectivity index (χ2v) is 5.23. The molecular weight excluding hydrogens is 244 g/mol. The maximum Gasteiger partial charge on any atom is 0.132 e. The third-order valence-corrected chi connectivity index (χ3v) is 3.34. The Morgan fingerprint density at radius 1 is 1.28 bits per heavy atom. The van der Waals surface area contributed by atoms with E-state index in [4.69, 9.17) is 0 Å². The number of anilines is 2. The Bertz CT molecular complexity index is 357. The monoisotopic (exact) mass is 268 g/mol. The number of hydrogen-bond acceptors (Lipinski definition) is 5. The highest BCUT2D eigenvalue weighted by Gasteiger charge is 2.07. The van der Waals surface area contributed by atoms with E-state index in [9.17, 15) is 0 Å². The van der Waals surface area contributed by atoms with Gasteiger partial charge in [0.1, 0.15) is 17.5 Å². The molecule has 0 aliphatic heterocycles. The van der Waals surface area contributed by atoms with Crippen LogP contribution in [0.25, 0.3) is 0 Å². The molecule has 1 atom stereocenters. The molecule has 0 saturated heterocycles. The summed E-state index contributed by atoms with van der Waals surface area (Å²) < 4.78 is 0. The number of aromatic nitrogens is 2. The Kier molecular flexibility index (Phi) is 6.86. The minimum atomic E-state index is 0.466. The highest BCUT2D eigenvalue weighted by molar-refractivity contribution is 7.98. The van der Waals surface area contributed by atoms with Crippen molar-refractivity contribution in [1.82, 2.24) is 9.97 Å². The van der Waals surface area contributed by atoms with Crippen LogP contribution in [0.1, 0.15) is 32.5 Å². The van der Waals surface area contributed by atoms with Crippen molar-refractivity contribution in [2.75, 3.05) is 29.2 Å². The van der Waals surface area contributed by atoms with Crippen LogP contribution in [0.3, 0.4) is 0 Å². The Labute approximate surface area is 114 Å². The smallest absolute Gasteiger partial charge is 0.132 e. The minimum absolute atomic E-state index is 0.466. The third-order valence-electron chi connectivity index (χ3n) is 2.61. The van der Waals surface area contributed by atoms with Crippen molar-refractivity contribution >= 4 is 23.4 Å². The third kappa shape index (κ3) is 5.12. The van der Waals surface area contributed by atoms with Crippen LogP contribution < -0.4 is 10.6 Å². The zero-order valence-corrected chi connectivity index (χ0v) is 12.6. The van der Waals surface area contributed by atoms with Gasteiger partial charge in [-0.15, -0.1) is 0 Å². The van der Waals surface area contributed by atoms with Gasteiger partial charge in [-0.1, -0.05) is 13.8 Å². The molecule has 4 nitrogen and oxygen atoms in total. The first kappa shape index (κ1) is 15.1. The summed E-state index contributed by atoms with van der Waals surface area (Å²) in [5.41, 5.74) is 0. The summed E-state index contributed by atoms with van der Waals surface area (Å²) in [5.74, 6) is 3.72. The molecule has 0 radical (unpaired) electrons. The maximum absolute atomic E-state index is 4.44. The van der Waals surface area contributed by atoms with Gasteiger partial charge in [0.15, 0.2) is 0 Å². The summed E-state index contributed by atoms with van der Waals surface area (Å²) in [6, 6.07) is 2.46. The molecule has 0 bridgehead atoms. The average molecular weight is 268 g/mol. The number of hydrogen-bond donors (Lipinski definition) is 2. The molecule has 1 aromatic rings.